The minimum Gasteiger partial charge on any atom is -0.309 e. The zero-order valence-corrected chi connectivity index (χ0v) is 30.8. The van der Waals surface area contributed by atoms with Gasteiger partial charge in [0.15, 0.2) is 0 Å². The normalized spacial score (nSPS) is 11.2. The van der Waals surface area contributed by atoms with E-state index in [1.54, 1.807) is 0 Å². The topological polar surface area (TPSA) is 8.17 Å². The summed E-state index contributed by atoms with van der Waals surface area (Å²) in [6, 6.07) is 83.0. The molecular formula is C54H38N2. The van der Waals surface area contributed by atoms with Crippen LogP contribution in [0.2, 0.25) is 0 Å². The molecule has 0 saturated carbocycles. The summed E-state index contributed by atoms with van der Waals surface area (Å²) in [7, 11) is 0. The first-order chi connectivity index (χ1) is 27.8. The van der Waals surface area contributed by atoms with E-state index in [9.17, 15) is 0 Å². The second-order valence-corrected chi connectivity index (χ2v) is 14.1. The highest BCUT2D eigenvalue weighted by atomic mass is 15.2. The maximum atomic E-state index is 2.46. The Morgan fingerprint density at radius 3 is 1.61 bits per heavy atom. The number of nitrogens with zero attached hydrogens (tertiary/aromatic N) is 2. The Morgan fingerprint density at radius 2 is 0.821 bits per heavy atom. The Morgan fingerprint density at radius 1 is 0.304 bits per heavy atom. The molecule has 0 aliphatic heterocycles. The van der Waals surface area contributed by atoms with Crippen molar-refractivity contribution in [2.24, 2.45) is 0 Å². The largest absolute Gasteiger partial charge is 0.309 e. The van der Waals surface area contributed by atoms with Crippen molar-refractivity contribution in [2.75, 3.05) is 4.90 Å². The van der Waals surface area contributed by atoms with Gasteiger partial charge in [-0.15, -0.1) is 0 Å². The number of hydrogen-bond acceptors (Lipinski definition) is 1. The van der Waals surface area contributed by atoms with E-state index < -0.39 is 0 Å². The molecule has 0 saturated heterocycles. The number of rotatable bonds is 8. The van der Waals surface area contributed by atoms with E-state index in [2.05, 4.69) is 240 Å². The highest BCUT2D eigenvalue weighted by Crippen LogP contribution is 2.47. The Balaban J connectivity index is 1.22. The van der Waals surface area contributed by atoms with Gasteiger partial charge in [-0.25, -0.2) is 0 Å². The smallest absolute Gasteiger partial charge is 0.0562 e. The van der Waals surface area contributed by atoms with Crippen LogP contribution in [0.4, 0.5) is 17.1 Å². The van der Waals surface area contributed by atoms with Crippen molar-refractivity contribution in [3.63, 3.8) is 0 Å². The van der Waals surface area contributed by atoms with Crippen LogP contribution in [0, 0.1) is 0 Å². The SMILES string of the molecule is c1ccc(-c2cccc(-c3ccccc3N(c3ccccc3)c3cccc4c3c3ccccc3n4-c3ccccc3-c3ccccc3-c3ccccc3)c2)cc1. The van der Waals surface area contributed by atoms with Crippen molar-refractivity contribution in [3.8, 4) is 50.2 Å². The number of fused-ring (bicyclic) bond motifs is 3. The summed E-state index contributed by atoms with van der Waals surface area (Å²) in [5.41, 5.74) is 16.3. The molecule has 1 heterocycles. The van der Waals surface area contributed by atoms with E-state index in [4.69, 9.17) is 0 Å². The van der Waals surface area contributed by atoms with Gasteiger partial charge in [0, 0.05) is 27.6 Å². The molecule has 0 amide bonds. The van der Waals surface area contributed by atoms with Crippen molar-refractivity contribution in [3.05, 3.63) is 231 Å². The molecular weight excluding hydrogens is 677 g/mol. The molecule has 0 aliphatic carbocycles. The van der Waals surface area contributed by atoms with Crippen molar-refractivity contribution >= 4 is 38.9 Å². The van der Waals surface area contributed by atoms with Gasteiger partial charge in [0.05, 0.1) is 28.1 Å². The summed E-state index contributed by atoms with van der Waals surface area (Å²) >= 11 is 0. The summed E-state index contributed by atoms with van der Waals surface area (Å²) in [4.78, 5) is 2.44. The monoisotopic (exact) mass is 714 g/mol. The van der Waals surface area contributed by atoms with Gasteiger partial charge in [0.25, 0.3) is 0 Å². The summed E-state index contributed by atoms with van der Waals surface area (Å²) in [6.45, 7) is 0. The van der Waals surface area contributed by atoms with Gasteiger partial charge in [-0.3, -0.25) is 0 Å². The van der Waals surface area contributed by atoms with E-state index >= 15 is 0 Å². The molecule has 0 fully saturated rings. The van der Waals surface area contributed by atoms with Gasteiger partial charge in [-0.1, -0.05) is 182 Å². The predicted octanol–water partition coefficient (Wildman–Crippen LogP) is 14.9. The van der Waals surface area contributed by atoms with Crippen molar-refractivity contribution in [1.29, 1.82) is 0 Å². The van der Waals surface area contributed by atoms with E-state index in [-0.39, 0.29) is 0 Å². The summed E-state index contributed by atoms with van der Waals surface area (Å²) in [5, 5.41) is 2.40. The molecule has 0 aliphatic rings. The van der Waals surface area contributed by atoms with Crippen molar-refractivity contribution in [2.45, 2.75) is 0 Å². The zero-order chi connectivity index (χ0) is 37.3. The molecule has 1 aromatic heterocycles. The van der Waals surface area contributed by atoms with Crippen LogP contribution in [0.5, 0.6) is 0 Å². The van der Waals surface area contributed by atoms with Crippen LogP contribution in [-0.2, 0) is 0 Å². The van der Waals surface area contributed by atoms with Crippen LogP contribution >= 0.6 is 0 Å². The first-order valence-corrected chi connectivity index (χ1v) is 19.2. The van der Waals surface area contributed by atoms with E-state index in [0.717, 1.165) is 39.3 Å². The quantitative estimate of drug-likeness (QED) is 0.152. The predicted molar refractivity (Wildman–Crippen MR) is 237 cm³/mol. The van der Waals surface area contributed by atoms with Gasteiger partial charge < -0.3 is 9.47 Å². The maximum absolute atomic E-state index is 2.46. The van der Waals surface area contributed by atoms with E-state index in [0.29, 0.717) is 0 Å². The fraction of sp³-hybridized carbons (Fsp3) is 0. The Labute approximate surface area is 327 Å². The van der Waals surface area contributed by atoms with Crippen LogP contribution in [0.15, 0.2) is 231 Å². The molecule has 2 heteroatoms. The minimum absolute atomic E-state index is 1.10. The molecule has 264 valence electrons. The Bertz CT molecular complexity index is 2960. The molecule has 0 radical (unpaired) electrons. The standard InChI is InChI=1S/C54H38N2/c1-4-20-39(21-5-1)41-24-18-25-42(38-41)45-29-12-15-33-49(45)55(43-26-8-3-9-27-43)52-36-19-37-53-54(52)48-32-14-17-35-51(48)56(53)50-34-16-13-31-47(50)46-30-11-10-28-44(46)40-22-6-2-7-23-40/h1-38H. The molecule has 2 nitrogen and oxygen atoms in total. The fourth-order valence-corrected chi connectivity index (χ4v) is 8.32. The molecule has 10 rings (SSSR count). The van der Waals surface area contributed by atoms with Crippen LogP contribution < -0.4 is 4.90 Å². The molecule has 0 unspecified atom stereocenters. The zero-order valence-electron chi connectivity index (χ0n) is 30.8. The van der Waals surface area contributed by atoms with Gasteiger partial charge in [-0.2, -0.15) is 0 Å². The number of aromatic nitrogens is 1. The lowest BCUT2D eigenvalue weighted by Crippen LogP contribution is -2.11. The van der Waals surface area contributed by atoms with Crippen LogP contribution in [0.3, 0.4) is 0 Å². The third kappa shape index (κ3) is 5.85. The number of hydrogen-bond donors (Lipinski definition) is 0. The molecule has 9 aromatic carbocycles. The molecule has 0 bridgehead atoms. The van der Waals surface area contributed by atoms with Crippen molar-refractivity contribution < 1.29 is 0 Å². The fourth-order valence-electron chi connectivity index (χ4n) is 8.32. The summed E-state index contributed by atoms with van der Waals surface area (Å²) < 4.78 is 2.46. The molecule has 56 heavy (non-hydrogen) atoms. The highest BCUT2D eigenvalue weighted by molar-refractivity contribution is 6.17. The first kappa shape index (κ1) is 33.2. The second-order valence-electron chi connectivity index (χ2n) is 14.1. The third-order valence-electron chi connectivity index (χ3n) is 10.8. The van der Waals surface area contributed by atoms with Crippen LogP contribution in [0.25, 0.3) is 72.0 Å². The lowest BCUT2D eigenvalue weighted by molar-refractivity contribution is 1.18. The second kappa shape index (κ2) is 14.4. The number of anilines is 3. The molecule has 10 aromatic rings. The van der Waals surface area contributed by atoms with Gasteiger partial charge in [0.2, 0.25) is 0 Å². The molecule has 0 spiro atoms. The van der Waals surface area contributed by atoms with Gasteiger partial charge in [-0.05, 0) is 81.9 Å². The highest BCUT2D eigenvalue weighted by Gasteiger charge is 2.24. The lowest BCUT2D eigenvalue weighted by atomic mass is 9.93. The number of para-hydroxylation sites is 4. The van der Waals surface area contributed by atoms with E-state index in [1.807, 2.05) is 0 Å². The van der Waals surface area contributed by atoms with Crippen molar-refractivity contribution in [1.82, 2.24) is 4.57 Å². The van der Waals surface area contributed by atoms with Gasteiger partial charge in [0.1, 0.15) is 0 Å². The average Bonchev–Trinajstić information content (AvgIpc) is 3.62. The van der Waals surface area contributed by atoms with E-state index in [1.165, 1.54) is 49.7 Å². The summed E-state index contributed by atoms with van der Waals surface area (Å²) in [6.07, 6.45) is 0. The number of benzene rings is 9. The summed E-state index contributed by atoms with van der Waals surface area (Å²) in [5.74, 6) is 0. The minimum atomic E-state index is 1.10. The Kier molecular flexibility index (Phi) is 8.55. The first-order valence-electron chi connectivity index (χ1n) is 19.2. The molecule has 0 N–H and O–H groups in total. The third-order valence-corrected chi connectivity index (χ3v) is 10.8. The lowest BCUT2D eigenvalue weighted by Gasteiger charge is -2.29. The van der Waals surface area contributed by atoms with Crippen LogP contribution in [0.1, 0.15) is 0 Å². The molecule has 0 atom stereocenters. The van der Waals surface area contributed by atoms with Crippen LogP contribution in [-0.4, -0.2) is 4.57 Å². The average molecular weight is 715 g/mol. The Hall–Kier alpha value is -7.42. The maximum Gasteiger partial charge on any atom is 0.0562 e. The van der Waals surface area contributed by atoms with Gasteiger partial charge >= 0.3 is 0 Å².